The summed E-state index contributed by atoms with van der Waals surface area (Å²) in [7, 11) is 0. The summed E-state index contributed by atoms with van der Waals surface area (Å²) in [5, 5.41) is 31.6. The van der Waals surface area contributed by atoms with Crippen LogP contribution in [0.3, 0.4) is 0 Å². The SMILES string of the molecule is CC/C=C\C/C=C\C/C=C\C/C=C\C/C=C\CCCCCC(=O)OCC(COC1OC(C(=O)O)C(O)C(O)C1OC(=O)CCCC/C=C\C/C=C\C/C=C\C/C=C\CC)OC(=O)CCCCCCCCCCCCCCCCCCCCC. The molecule has 1 aliphatic rings. The van der Waals surface area contributed by atoms with E-state index in [1.807, 2.05) is 0 Å². The smallest absolute Gasteiger partial charge is 0.335 e. The highest BCUT2D eigenvalue weighted by Gasteiger charge is 2.50. The van der Waals surface area contributed by atoms with Gasteiger partial charge < -0.3 is 39.0 Å². The predicted octanol–water partition coefficient (Wildman–Crippen LogP) is 17.8. The lowest BCUT2D eigenvalue weighted by atomic mass is 9.98. The molecule has 12 nitrogen and oxygen atoms in total. The number of allylic oxidation sites excluding steroid dienone is 18. The van der Waals surface area contributed by atoms with E-state index in [2.05, 4.69) is 130 Å². The molecule has 0 bridgehead atoms. The molecule has 1 fully saturated rings. The molecule has 6 unspecified atom stereocenters. The lowest BCUT2D eigenvalue weighted by molar-refractivity contribution is -0.301. The molecule has 0 spiro atoms. The fourth-order valence-corrected chi connectivity index (χ4v) is 9.39. The van der Waals surface area contributed by atoms with Crippen molar-refractivity contribution in [3.05, 3.63) is 109 Å². The first-order valence-electron chi connectivity index (χ1n) is 32.9. The number of unbranched alkanes of at least 4 members (excludes halogenated alkanes) is 23. The Morgan fingerprint density at radius 1 is 0.410 bits per heavy atom. The van der Waals surface area contributed by atoms with Crippen LogP contribution in [-0.4, -0.2) is 89.2 Å². The molecule has 472 valence electrons. The van der Waals surface area contributed by atoms with Crippen LogP contribution in [0.25, 0.3) is 0 Å². The fourth-order valence-electron chi connectivity index (χ4n) is 9.39. The number of rotatable bonds is 55. The number of aliphatic carboxylic acids is 1. The van der Waals surface area contributed by atoms with Crippen LogP contribution in [0.15, 0.2) is 109 Å². The summed E-state index contributed by atoms with van der Waals surface area (Å²) in [6.45, 7) is 5.75. The summed E-state index contributed by atoms with van der Waals surface area (Å²) >= 11 is 0. The highest BCUT2D eigenvalue weighted by Crippen LogP contribution is 2.26. The van der Waals surface area contributed by atoms with Crippen molar-refractivity contribution in [2.75, 3.05) is 13.2 Å². The molecular formula is C71H116O12. The second kappa shape index (κ2) is 57.8. The van der Waals surface area contributed by atoms with E-state index >= 15 is 0 Å². The van der Waals surface area contributed by atoms with Crippen molar-refractivity contribution in [3.8, 4) is 0 Å². The number of esters is 3. The molecule has 83 heavy (non-hydrogen) atoms. The van der Waals surface area contributed by atoms with Crippen LogP contribution >= 0.6 is 0 Å². The third kappa shape index (κ3) is 47.3. The number of aliphatic hydroxyl groups excluding tert-OH is 2. The van der Waals surface area contributed by atoms with E-state index in [4.69, 9.17) is 23.7 Å². The minimum Gasteiger partial charge on any atom is -0.479 e. The Balaban J connectivity index is 2.70. The number of carboxylic acids is 1. The van der Waals surface area contributed by atoms with Gasteiger partial charge in [0, 0.05) is 19.3 Å². The van der Waals surface area contributed by atoms with Gasteiger partial charge in [0.2, 0.25) is 0 Å². The molecule has 0 aromatic carbocycles. The maximum atomic E-state index is 13.2. The maximum absolute atomic E-state index is 13.2. The second-order valence-electron chi connectivity index (χ2n) is 22.0. The summed E-state index contributed by atoms with van der Waals surface area (Å²) in [6.07, 6.45) is 66.3. The first kappa shape index (κ1) is 76.4. The number of hydrogen-bond acceptors (Lipinski definition) is 11. The molecule has 1 saturated heterocycles. The molecule has 0 aromatic heterocycles. The van der Waals surface area contributed by atoms with Gasteiger partial charge in [-0.3, -0.25) is 14.4 Å². The summed E-state index contributed by atoms with van der Waals surface area (Å²) in [5.41, 5.74) is 0. The van der Waals surface area contributed by atoms with Gasteiger partial charge in [-0.25, -0.2) is 4.79 Å². The summed E-state index contributed by atoms with van der Waals surface area (Å²) in [6, 6.07) is 0. The van der Waals surface area contributed by atoms with Gasteiger partial charge in [0.15, 0.2) is 24.6 Å². The molecule has 0 saturated carbocycles. The molecule has 6 atom stereocenters. The Morgan fingerprint density at radius 3 is 1.18 bits per heavy atom. The molecule has 0 aromatic rings. The van der Waals surface area contributed by atoms with Crippen molar-refractivity contribution >= 4 is 23.9 Å². The number of hydrogen-bond donors (Lipinski definition) is 3. The van der Waals surface area contributed by atoms with Crippen molar-refractivity contribution < 1.29 is 58.2 Å². The number of carbonyl (C=O) groups is 4. The van der Waals surface area contributed by atoms with Crippen LogP contribution in [0.1, 0.15) is 265 Å². The van der Waals surface area contributed by atoms with Crippen molar-refractivity contribution in [3.63, 3.8) is 0 Å². The first-order chi connectivity index (χ1) is 40.6. The maximum Gasteiger partial charge on any atom is 0.335 e. The van der Waals surface area contributed by atoms with Gasteiger partial charge in [0.05, 0.1) is 6.61 Å². The zero-order valence-electron chi connectivity index (χ0n) is 52.2. The average molecular weight is 1160 g/mol. The van der Waals surface area contributed by atoms with Gasteiger partial charge in [0.25, 0.3) is 0 Å². The zero-order chi connectivity index (χ0) is 60.3. The van der Waals surface area contributed by atoms with Gasteiger partial charge >= 0.3 is 23.9 Å². The Kier molecular flexibility index (Phi) is 53.2. The van der Waals surface area contributed by atoms with E-state index < -0.39 is 67.3 Å². The van der Waals surface area contributed by atoms with Crippen LogP contribution in [0.4, 0.5) is 0 Å². The number of carboxylic acid groups (broad SMARTS) is 1. The quantitative estimate of drug-likeness (QED) is 0.0228. The molecule has 1 rings (SSSR count). The average Bonchev–Trinajstić information content (AvgIpc) is 3.58. The van der Waals surface area contributed by atoms with Gasteiger partial charge in [-0.1, -0.05) is 252 Å². The molecular weight excluding hydrogens is 1040 g/mol. The highest BCUT2D eigenvalue weighted by atomic mass is 16.7. The van der Waals surface area contributed by atoms with Crippen LogP contribution in [0, 0.1) is 0 Å². The fraction of sp³-hybridized carbons (Fsp3) is 0.690. The van der Waals surface area contributed by atoms with Crippen molar-refractivity contribution in [1.29, 1.82) is 0 Å². The van der Waals surface area contributed by atoms with Crippen molar-refractivity contribution in [2.24, 2.45) is 0 Å². The van der Waals surface area contributed by atoms with Gasteiger partial charge in [-0.05, 0) is 103 Å². The molecule has 1 aliphatic heterocycles. The van der Waals surface area contributed by atoms with E-state index in [0.29, 0.717) is 25.7 Å². The van der Waals surface area contributed by atoms with Crippen LogP contribution in [0.5, 0.6) is 0 Å². The van der Waals surface area contributed by atoms with Gasteiger partial charge in [0.1, 0.15) is 18.8 Å². The normalized spacial score (nSPS) is 18.3. The highest BCUT2D eigenvalue weighted by molar-refractivity contribution is 5.74. The molecule has 1 heterocycles. The van der Waals surface area contributed by atoms with Crippen LogP contribution in [-0.2, 0) is 42.9 Å². The predicted molar refractivity (Wildman–Crippen MR) is 340 cm³/mol. The van der Waals surface area contributed by atoms with E-state index in [1.165, 1.54) is 96.3 Å². The first-order valence-corrected chi connectivity index (χ1v) is 32.9. The topological polar surface area (TPSA) is 175 Å². The van der Waals surface area contributed by atoms with Gasteiger partial charge in [-0.15, -0.1) is 0 Å². The molecule has 0 radical (unpaired) electrons. The Labute approximate surface area is 504 Å². The van der Waals surface area contributed by atoms with Crippen LogP contribution < -0.4 is 0 Å². The minimum atomic E-state index is -1.93. The van der Waals surface area contributed by atoms with Gasteiger partial charge in [-0.2, -0.15) is 0 Å². The lowest BCUT2D eigenvalue weighted by Crippen LogP contribution is -2.61. The van der Waals surface area contributed by atoms with E-state index in [9.17, 15) is 34.5 Å². The standard InChI is InChI=1S/C71H116O12/c1-4-7-10-13-16-19-22-25-28-30-32-34-37-39-42-45-48-51-54-57-63(72)79-60-62(81-64(73)58-55-52-49-46-43-41-38-35-33-31-29-26-23-20-17-14-11-8-5-2)61-80-71-69(67(76)66(75)68(83-71)70(77)78)82-65(74)59-56-53-50-47-44-40-36-27-24-21-18-15-12-9-6-3/h7,9-10,12,16,18-19,21,25,27-28,32,34,36,39,42,44,47,62,66-69,71,75-76H,4-6,8,11,13-15,17,20,22-24,26,29-31,33,35,37-38,40-41,43,45-46,48-61H2,1-3H3,(H,77,78)/b10-7-,12-9-,19-16-,21-18-,28-25-,34-32-,36-27-,42-39-,47-44-. The molecule has 0 amide bonds. The van der Waals surface area contributed by atoms with Crippen LogP contribution in [0.2, 0.25) is 0 Å². The summed E-state index contributed by atoms with van der Waals surface area (Å²) in [4.78, 5) is 51.3. The van der Waals surface area contributed by atoms with E-state index in [0.717, 1.165) is 103 Å². The molecule has 3 N–H and O–H groups in total. The zero-order valence-corrected chi connectivity index (χ0v) is 52.2. The van der Waals surface area contributed by atoms with E-state index in [1.54, 1.807) is 0 Å². The second-order valence-corrected chi connectivity index (χ2v) is 22.0. The van der Waals surface area contributed by atoms with Crippen molar-refractivity contribution in [2.45, 2.75) is 302 Å². The third-order valence-corrected chi connectivity index (χ3v) is 14.3. The van der Waals surface area contributed by atoms with E-state index in [-0.39, 0.29) is 25.9 Å². The number of ether oxygens (including phenoxy) is 5. The molecule has 12 heteroatoms. The lowest BCUT2D eigenvalue weighted by Gasteiger charge is -2.40. The summed E-state index contributed by atoms with van der Waals surface area (Å²) < 4.78 is 28.5. The Morgan fingerprint density at radius 2 is 0.759 bits per heavy atom. The number of aliphatic hydroxyl groups is 2. The van der Waals surface area contributed by atoms with Crippen molar-refractivity contribution in [1.82, 2.24) is 0 Å². The number of carbonyl (C=O) groups excluding carboxylic acids is 3. The third-order valence-electron chi connectivity index (χ3n) is 14.3. The molecule has 0 aliphatic carbocycles. The Bertz CT molecular complexity index is 1860. The summed E-state index contributed by atoms with van der Waals surface area (Å²) in [5.74, 6) is -3.22. The Hall–Kier alpha value is -4.62. The largest absolute Gasteiger partial charge is 0.479 e. The monoisotopic (exact) mass is 1160 g/mol. The minimum absolute atomic E-state index is 0.000955.